The van der Waals surface area contributed by atoms with Crippen LogP contribution in [0.2, 0.25) is 0 Å². The van der Waals surface area contributed by atoms with E-state index in [-0.39, 0.29) is 17.6 Å². The van der Waals surface area contributed by atoms with Crippen LogP contribution in [0.3, 0.4) is 0 Å². The Balaban J connectivity index is 1.84. The van der Waals surface area contributed by atoms with Crippen molar-refractivity contribution in [2.24, 2.45) is 5.92 Å². The molecule has 19 heavy (non-hydrogen) atoms. The molecule has 4 nitrogen and oxygen atoms in total. The predicted octanol–water partition coefficient (Wildman–Crippen LogP) is 1.10. The summed E-state index contributed by atoms with van der Waals surface area (Å²) in [6, 6.07) is 4.42. The van der Waals surface area contributed by atoms with Crippen LogP contribution in [0.4, 0.5) is 4.39 Å². The second kappa shape index (κ2) is 6.52. The van der Waals surface area contributed by atoms with Crippen LogP contribution in [-0.4, -0.2) is 32.7 Å². The number of ether oxygens (including phenoxy) is 1. The number of methoxy groups -OCH3 is 1. The van der Waals surface area contributed by atoms with Gasteiger partial charge in [-0.15, -0.1) is 0 Å². The van der Waals surface area contributed by atoms with E-state index in [1.807, 2.05) is 0 Å². The van der Waals surface area contributed by atoms with Gasteiger partial charge in [-0.3, -0.25) is 4.79 Å². The summed E-state index contributed by atoms with van der Waals surface area (Å²) in [5.41, 5.74) is 0.771. The first-order valence-electron chi connectivity index (χ1n) is 6.51. The van der Waals surface area contributed by atoms with Crippen molar-refractivity contribution in [1.82, 2.24) is 10.6 Å². The van der Waals surface area contributed by atoms with Gasteiger partial charge in [0.1, 0.15) is 11.6 Å². The van der Waals surface area contributed by atoms with Crippen molar-refractivity contribution in [2.45, 2.75) is 12.8 Å². The van der Waals surface area contributed by atoms with Crippen LogP contribution in [0, 0.1) is 11.7 Å². The van der Waals surface area contributed by atoms with Crippen molar-refractivity contribution >= 4 is 5.91 Å². The van der Waals surface area contributed by atoms with Crippen LogP contribution >= 0.6 is 0 Å². The summed E-state index contributed by atoms with van der Waals surface area (Å²) in [4.78, 5) is 11.8. The molecule has 0 aromatic heterocycles. The lowest BCUT2D eigenvalue weighted by molar-refractivity contribution is -0.124. The van der Waals surface area contributed by atoms with Gasteiger partial charge in [0.15, 0.2) is 0 Å². The van der Waals surface area contributed by atoms with Crippen molar-refractivity contribution < 1.29 is 13.9 Å². The fourth-order valence-electron chi connectivity index (χ4n) is 2.29. The number of carbonyl (C=O) groups excluding carboxylic acids is 1. The topological polar surface area (TPSA) is 50.4 Å². The van der Waals surface area contributed by atoms with E-state index in [2.05, 4.69) is 10.6 Å². The van der Waals surface area contributed by atoms with E-state index < -0.39 is 0 Å². The molecule has 104 valence electrons. The van der Waals surface area contributed by atoms with Gasteiger partial charge in [0.05, 0.1) is 13.0 Å². The summed E-state index contributed by atoms with van der Waals surface area (Å²) in [7, 11) is 1.56. The Hall–Kier alpha value is -1.62. The molecular weight excluding hydrogens is 247 g/mol. The van der Waals surface area contributed by atoms with Crippen molar-refractivity contribution in [1.29, 1.82) is 0 Å². The van der Waals surface area contributed by atoms with E-state index in [9.17, 15) is 9.18 Å². The Morgan fingerprint density at radius 2 is 2.42 bits per heavy atom. The molecule has 1 atom stereocenters. The van der Waals surface area contributed by atoms with Crippen LogP contribution in [0.25, 0.3) is 0 Å². The van der Waals surface area contributed by atoms with Gasteiger partial charge in [-0.25, -0.2) is 4.39 Å². The maximum absolute atomic E-state index is 13.2. The second-order valence-electron chi connectivity index (χ2n) is 4.69. The molecule has 0 aliphatic carbocycles. The van der Waals surface area contributed by atoms with Gasteiger partial charge in [-0.05, 0) is 43.1 Å². The minimum Gasteiger partial charge on any atom is -0.496 e. The zero-order valence-electron chi connectivity index (χ0n) is 11.0. The molecule has 1 aromatic rings. The van der Waals surface area contributed by atoms with Crippen molar-refractivity contribution in [3.8, 4) is 5.75 Å². The van der Waals surface area contributed by atoms with Crippen LogP contribution in [-0.2, 0) is 11.2 Å². The molecule has 1 unspecified atom stereocenters. The average molecular weight is 266 g/mol. The number of halogens is 1. The van der Waals surface area contributed by atoms with Gasteiger partial charge in [0.25, 0.3) is 0 Å². The molecule has 1 aliphatic heterocycles. The molecule has 5 heteroatoms. The van der Waals surface area contributed by atoms with E-state index in [0.717, 1.165) is 25.1 Å². The number of hydrogen-bond donors (Lipinski definition) is 2. The van der Waals surface area contributed by atoms with E-state index in [1.54, 1.807) is 13.2 Å². The number of benzene rings is 1. The lowest BCUT2D eigenvalue weighted by Gasteiger charge is -2.11. The lowest BCUT2D eigenvalue weighted by Crippen LogP contribution is -2.33. The number of nitrogens with one attached hydrogen (secondary N) is 2. The summed E-state index contributed by atoms with van der Waals surface area (Å²) >= 11 is 0. The summed E-state index contributed by atoms with van der Waals surface area (Å²) in [6.07, 6.45) is 1.45. The molecule has 0 radical (unpaired) electrons. The zero-order valence-corrected chi connectivity index (χ0v) is 11.0. The first-order valence-corrected chi connectivity index (χ1v) is 6.51. The van der Waals surface area contributed by atoms with Crippen LogP contribution in [0.5, 0.6) is 5.75 Å². The van der Waals surface area contributed by atoms with Gasteiger partial charge in [-0.2, -0.15) is 0 Å². The Bertz CT molecular complexity index is 445. The Morgan fingerprint density at radius 1 is 1.58 bits per heavy atom. The molecule has 0 bridgehead atoms. The normalized spacial score (nSPS) is 18.3. The Kier molecular flexibility index (Phi) is 4.74. The van der Waals surface area contributed by atoms with Gasteiger partial charge in [0.2, 0.25) is 5.91 Å². The third-order valence-electron chi connectivity index (χ3n) is 3.37. The molecule has 1 aromatic carbocycles. The quantitative estimate of drug-likeness (QED) is 0.839. The molecule has 2 N–H and O–H groups in total. The molecule has 1 fully saturated rings. The molecule has 1 saturated heterocycles. The summed E-state index contributed by atoms with van der Waals surface area (Å²) < 4.78 is 18.3. The third-order valence-corrected chi connectivity index (χ3v) is 3.37. The molecule has 0 spiro atoms. The van der Waals surface area contributed by atoms with Crippen molar-refractivity contribution in [3.63, 3.8) is 0 Å². The number of rotatable bonds is 5. The fraction of sp³-hybridized carbons (Fsp3) is 0.500. The first kappa shape index (κ1) is 13.8. The van der Waals surface area contributed by atoms with E-state index in [0.29, 0.717) is 18.7 Å². The minimum absolute atomic E-state index is 0.0643. The van der Waals surface area contributed by atoms with Gasteiger partial charge >= 0.3 is 0 Å². The summed E-state index contributed by atoms with van der Waals surface area (Å²) in [5.74, 6) is 0.495. The standard InChI is InChI=1S/C14H19FN2O2/c1-19-13-3-2-12(15)8-10(13)5-7-17-14(18)11-4-6-16-9-11/h2-3,8,11,16H,4-7,9H2,1H3,(H,17,18). The SMILES string of the molecule is COc1ccc(F)cc1CCNC(=O)C1CCNC1. The largest absolute Gasteiger partial charge is 0.496 e. The smallest absolute Gasteiger partial charge is 0.224 e. The molecule has 1 aliphatic rings. The lowest BCUT2D eigenvalue weighted by atomic mass is 10.1. The number of carbonyl (C=O) groups is 1. The molecule has 1 heterocycles. The van der Waals surface area contributed by atoms with Crippen molar-refractivity contribution in [3.05, 3.63) is 29.6 Å². The average Bonchev–Trinajstić information content (AvgIpc) is 2.93. The highest BCUT2D eigenvalue weighted by atomic mass is 19.1. The predicted molar refractivity (Wildman–Crippen MR) is 70.6 cm³/mol. The van der Waals surface area contributed by atoms with E-state index >= 15 is 0 Å². The minimum atomic E-state index is -0.290. The monoisotopic (exact) mass is 266 g/mol. The molecular formula is C14H19FN2O2. The van der Waals surface area contributed by atoms with Crippen LogP contribution in [0.1, 0.15) is 12.0 Å². The molecule has 1 amide bonds. The van der Waals surface area contributed by atoms with E-state index in [1.165, 1.54) is 12.1 Å². The van der Waals surface area contributed by atoms with Gasteiger partial charge in [0, 0.05) is 13.1 Å². The zero-order chi connectivity index (χ0) is 13.7. The van der Waals surface area contributed by atoms with Gasteiger partial charge in [-0.1, -0.05) is 0 Å². The van der Waals surface area contributed by atoms with Crippen LogP contribution < -0.4 is 15.4 Å². The Morgan fingerprint density at radius 3 is 3.11 bits per heavy atom. The fourth-order valence-corrected chi connectivity index (χ4v) is 2.29. The molecule has 2 rings (SSSR count). The molecule has 0 saturated carbocycles. The maximum atomic E-state index is 13.2. The number of hydrogen-bond acceptors (Lipinski definition) is 3. The Labute approximate surface area is 112 Å². The van der Waals surface area contributed by atoms with Crippen molar-refractivity contribution in [2.75, 3.05) is 26.7 Å². The third kappa shape index (κ3) is 3.67. The maximum Gasteiger partial charge on any atom is 0.224 e. The highest BCUT2D eigenvalue weighted by Gasteiger charge is 2.21. The second-order valence-corrected chi connectivity index (χ2v) is 4.69. The first-order chi connectivity index (χ1) is 9.20. The van der Waals surface area contributed by atoms with Crippen LogP contribution in [0.15, 0.2) is 18.2 Å². The van der Waals surface area contributed by atoms with Gasteiger partial charge < -0.3 is 15.4 Å². The number of amides is 1. The van der Waals surface area contributed by atoms with E-state index in [4.69, 9.17) is 4.74 Å². The summed E-state index contributed by atoms with van der Waals surface area (Å²) in [5, 5.41) is 6.04. The highest BCUT2D eigenvalue weighted by Crippen LogP contribution is 2.19. The highest BCUT2D eigenvalue weighted by molar-refractivity contribution is 5.79. The summed E-state index contributed by atoms with van der Waals surface area (Å²) in [6.45, 7) is 2.14.